The second-order valence-corrected chi connectivity index (χ2v) is 8.28. The maximum atomic E-state index is 12.1. The summed E-state index contributed by atoms with van der Waals surface area (Å²) in [6.07, 6.45) is 7.24. The van der Waals surface area contributed by atoms with Crippen LogP contribution in [0, 0.1) is 5.92 Å². The molecule has 1 amide bonds. The number of halogens is 1. The van der Waals surface area contributed by atoms with E-state index >= 15 is 0 Å². The van der Waals surface area contributed by atoms with Crippen LogP contribution in [0.5, 0.6) is 0 Å². The highest BCUT2D eigenvalue weighted by atomic mass is 35.5. The fraction of sp³-hybridized carbons (Fsp3) is 0.562. The van der Waals surface area contributed by atoms with Crippen LogP contribution < -0.4 is 5.32 Å². The van der Waals surface area contributed by atoms with Gasteiger partial charge in [0.15, 0.2) is 9.84 Å². The number of rotatable bonds is 7. The fourth-order valence-electron chi connectivity index (χ4n) is 2.87. The molecular formula is C16H22ClNO3S. The number of carbonyl (C=O) groups excluding carboxylic acids is 1. The van der Waals surface area contributed by atoms with Crippen molar-refractivity contribution < 1.29 is 13.2 Å². The predicted octanol–water partition coefficient (Wildman–Crippen LogP) is 3.20. The quantitative estimate of drug-likeness (QED) is 0.773. The lowest BCUT2D eigenvalue weighted by molar-refractivity contribution is -0.118. The molecule has 0 aromatic heterocycles. The average molecular weight is 344 g/mol. The number of amides is 1. The van der Waals surface area contributed by atoms with Crippen molar-refractivity contribution in [3.63, 3.8) is 0 Å². The molecule has 6 heteroatoms. The van der Waals surface area contributed by atoms with E-state index < -0.39 is 21.5 Å². The first-order valence-corrected chi connectivity index (χ1v) is 9.75. The van der Waals surface area contributed by atoms with Gasteiger partial charge in [-0.2, -0.15) is 0 Å². The van der Waals surface area contributed by atoms with Gasteiger partial charge in [-0.25, -0.2) is 8.42 Å². The predicted molar refractivity (Wildman–Crippen MR) is 87.7 cm³/mol. The molecule has 0 atom stereocenters. The van der Waals surface area contributed by atoms with Crippen molar-refractivity contribution in [3.05, 3.63) is 29.3 Å². The van der Waals surface area contributed by atoms with Crippen molar-refractivity contribution in [3.8, 4) is 0 Å². The monoisotopic (exact) mass is 343 g/mol. The minimum atomic E-state index is -3.60. The first kappa shape index (κ1) is 17.3. The van der Waals surface area contributed by atoms with Gasteiger partial charge in [0.1, 0.15) is 5.75 Å². The molecule has 1 aromatic rings. The van der Waals surface area contributed by atoms with Gasteiger partial charge in [0.2, 0.25) is 5.91 Å². The molecule has 1 N–H and O–H groups in total. The standard InChI is InChI=1S/C16H22ClNO3S/c17-14-7-9-15(10-8-14)22(20,21)12-16(19)18-11-3-6-13-4-1-2-5-13/h7-10,13H,1-6,11-12H2,(H,18,19). The Labute approximate surface area is 137 Å². The van der Waals surface area contributed by atoms with Crippen LogP contribution in [-0.4, -0.2) is 26.6 Å². The van der Waals surface area contributed by atoms with Gasteiger partial charge in [0.25, 0.3) is 0 Å². The van der Waals surface area contributed by atoms with Crippen LogP contribution >= 0.6 is 11.6 Å². The molecule has 1 aliphatic rings. The normalized spacial score (nSPS) is 15.9. The van der Waals surface area contributed by atoms with Crippen LogP contribution in [0.1, 0.15) is 38.5 Å². The number of sulfone groups is 1. The summed E-state index contributed by atoms with van der Waals surface area (Å²) in [6, 6.07) is 5.86. The molecule has 4 nitrogen and oxygen atoms in total. The molecule has 1 aromatic carbocycles. The summed E-state index contributed by atoms with van der Waals surface area (Å²) in [5.74, 6) is -0.172. The molecule has 0 radical (unpaired) electrons. The summed E-state index contributed by atoms with van der Waals surface area (Å²) >= 11 is 5.73. The molecule has 22 heavy (non-hydrogen) atoms. The molecule has 122 valence electrons. The van der Waals surface area contributed by atoms with E-state index in [9.17, 15) is 13.2 Å². The molecule has 0 heterocycles. The van der Waals surface area contributed by atoms with E-state index in [4.69, 9.17) is 11.6 Å². The van der Waals surface area contributed by atoms with Crippen LogP contribution in [0.25, 0.3) is 0 Å². The van der Waals surface area contributed by atoms with Crippen LogP contribution in [-0.2, 0) is 14.6 Å². The maximum absolute atomic E-state index is 12.1. The molecule has 1 fully saturated rings. The minimum absolute atomic E-state index is 0.123. The topological polar surface area (TPSA) is 63.2 Å². The summed E-state index contributed by atoms with van der Waals surface area (Å²) in [7, 11) is -3.60. The van der Waals surface area contributed by atoms with E-state index in [1.165, 1.54) is 49.9 Å². The lowest BCUT2D eigenvalue weighted by Crippen LogP contribution is -2.31. The van der Waals surface area contributed by atoms with Crippen molar-refractivity contribution in [1.82, 2.24) is 5.32 Å². The molecule has 0 unspecified atom stereocenters. The maximum Gasteiger partial charge on any atom is 0.235 e. The van der Waals surface area contributed by atoms with Crippen molar-refractivity contribution in [2.75, 3.05) is 12.3 Å². The van der Waals surface area contributed by atoms with Gasteiger partial charge in [-0.3, -0.25) is 4.79 Å². The van der Waals surface area contributed by atoms with Crippen molar-refractivity contribution in [1.29, 1.82) is 0 Å². The zero-order chi connectivity index (χ0) is 16.0. The molecule has 1 aliphatic carbocycles. The first-order chi connectivity index (χ1) is 10.5. The lowest BCUT2D eigenvalue weighted by Gasteiger charge is -2.09. The number of hydrogen-bond acceptors (Lipinski definition) is 3. The number of carbonyl (C=O) groups is 1. The minimum Gasteiger partial charge on any atom is -0.355 e. The Balaban J connectivity index is 1.74. The largest absolute Gasteiger partial charge is 0.355 e. The summed E-state index contributed by atoms with van der Waals surface area (Å²) < 4.78 is 24.2. The number of hydrogen-bond donors (Lipinski definition) is 1. The molecule has 0 spiro atoms. The van der Waals surface area contributed by atoms with E-state index in [2.05, 4.69) is 5.32 Å². The van der Waals surface area contributed by atoms with Crippen LogP contribution in [0.15, 0.2) is 29.2 Å². The Hall–Kier alpha value is -1.07. The first-order valence-electron chi connectivity index (χ1n) is 7.72. The van der Waals surface area contributed by atoms with Gasteiger partial charge < -0.3 is 5.32 Å². The Morgan fingerprint density at radius 1 is 1.18 bits per heavy atom. The highest BCUT2D eigenvalue weighted by Crippen LogP contribution is 2.28. The second kappa shape index (κ2) is 7.97. The summed E-state index contributed by atoms with van der Waals surface area (Å²) in [5.41, 5.74) is 0. The molecule has 0 aliphatic heterocycles. The van der Waals surface area contributed by atoms with Crippen LogP contribution in [0.3, 0.4) is 0 Å². The zero-order valence-electron chi connectivity index (χ0n) is 12.6. The Morgan fingerprint density at radius 2 is 1.82 bits per heavy atom. The van der Waals surface area contributed by atoms with E-state index in [0.717, 1.165) is 18.8 Å². The highest BCUT2D eigenvalue weighted by Gasteiger charge is 2.19. The summed E-state index contributed by atoms with van der Waals surface area (Å²) in [6.45, 7) is 0.547. The second-order valence-electron chi connectivity index (χ2n) is 5.86. The third-order valence-corrected chi connectivity index (χ3v) is 5.96. The van der Waals surface area contributed by atoms with Crippen LogP contribution in [0.2, 0.25) is 5.02 Å². The van der Waals surface area contributed by atoms with Gasteiger partial charge >= 0.3 is 0 Å². The molecule has 1 saturated carbocycles. The van der Waals surface area contributed by atoms with Gasteiger partial charge in [-0.05, 0) is 43.0 Å². The number of benzene rings is 1. The summed E-state index contributed by atoms with van der Waals surface area (Å²) in [4.78, 5) is 11.9. The smallest absolute Gasteiger partial charge is 0.235 e. The van der Waals surface area contributed by atoms with E-state index in [-0.39, 0.29) is 4.90 Å². The number of nitrogens with one attached hydrogen (secondary N) is 1. The molecule has 0 bridgehead atoms. The third-order valence-electron chi connectivity index (χ3n) is 4.08. The van der Waals surface area contributed by atoms with Gasteiger partial charge in [0, 0.05) is 11.6 Å². The van der Waals surface area contributed by atoms with Crippen LogP contribution in [0.4, 0.5) is 0 Å². The van der Waals surface area contributed by atoms with Crippen molar-refractivity contribution in [2.45, 2.75) is 43.4 Å². The Bertz CT molecular complexity index is 592. The average Bonchev–Trinajstić information content (AvgIpc) is 2.97. The van der Waals surface area contributed by atoms with Gasteiger partial charge in [-0.1, -0.05) is 37.3 Å². The van der Waals surface area contributed by atoms with Gasteiger partial charge in [-0.15, -0.1) is 0 Å². The van der Waals surface area contributed by atoms with Gasteiger partial charge in [0.05, 0.1) is 4.90 Å². The third kappa shape index (κ3) is 5.29. The molecular weight excluding hydrogens is 322 g/mol. The SMILES string of the molecule is O=C(CS(=O)(=O)c1ccc(Cl)cc1)NCCCC1CCCC1. The van der Waals surface area contributed by atoms with Crippen molar-refractivity contribution in [2.24, 2.45) is 5.92 Å². The Kier molecular flexibility index (Phi) is 6.26. The zero-order valence-corrected chi connectivity index (χ0v) is 14.1. The van der Waals surface area contributed by atoms with E-state index in [1.54, 1.807) is 0 Å². The van der Waals surface area contributed by atoms with Crippen molar-refractivity contribution >= 4 is 27.3 Å². The highest BCUT2D eigenvalue weighted by molar-refractivity contribution is 7.92. The Morgan fingerprint density at radius 3 is 2.45 bits per heavy atom. The van der Waals surface area contributed by atoms with E-state index in [1.807, 2.05) is 0 Å². The fourth-order valence-corrected chi connectivity index (χ4v) is 4.16. The van der Waals surface area contributed by atoms with E-state index in [0.29, 0.717) is 11.6 Å². The summed E-state index contributed by atoms with van der Waals surface area (Å²) in [5, 5.41) is 3.17. The lowest BCUT2D eigenvalue weighted by atomic mass is 10.0. The molecule has 2 rings (SSSR count). The molecule has 0 saturated heterocycles.